The van der Waals surface area contributed by atoms with Gasteiger partial charge in [-0.05, 0) is 11.1 Å². The summed E-state index contributed by atoms with van der Waals surface area (Å²) in [4.78, 5) is 18.2. The minimum Gasteiger partial charge on any atom is -0.324 e. The molecule has 2 atom stereocenters. The van der Waals surface area contributed by atoms with Crippen LogP contribution >= 0.6 is 7.60 Å². The first kappa shape index (κ1) is 15.9. The molecule has 2 aromatic rings. The Bertz CT molecular complexity index is 597. The molecule has 0 spiro atoms. The van der Waals surface area contributed by atoms with E-state index in [2.05, 4.69) is 12.2 Å². The van der Waals surface area contributed by atoms with Crippen LogP contribution in [0.2, 0.25) is 0 Å². The Hall–Kier alpha value is -1.45. The van der Waals surface area contributed by atoms with Crippen LogP contribution in [0.15, 0.2) is 60.7 Å². The van der Waals surface area contributed by atoms with E-state index in [0.717, 1.165) is 11.1 Å². The molecular weight excluding hydrogens is 285 g/mol. The van der Waals surface area contributed by atoms with E-state index in [0.29, 0.717) is 0 Å². The van der Waals surface area contributed by atoms with Crippen molar-refractivity contribution in [1.82, 2.24) is 5.32 Å². The lowest BCUT2D eigenvalue weighted by atomic mass is 9.89. The molecule has 2 rings (SSSR count). The standard InChI is InChI=1S/C16H20NO3P/c1-13(14-8-4-2-5-9-14)16(17-12-21(18,19)20)15-10-6-3-7-11-15/h2-11,13,16-17H,12H2,1H3,(H2,18,19,20)/t13-,16+/m0/s1. The van der Waals surface area contributed by atoms with Gasteiger partial charge in [0, 0.05) is 12.0 Å². The van der Waals surface area contributed by atoms with Crippen LogP contribution in [-0.2, 0) is 4.57 Å². The minimum absolute atomic E-state index is 0.0974. The van der Waals surface area contributed by atoms with Gasteiger partial charge in [-0.25, -0.2) is 0 Å². The van der Waals surface area contributed by atoms with Crippen molar-refractivity contribution in [2.24, 2.45) is 0 Å². The molecule has 0 heterocycles. The van der Waals surface area contributed by atoms with Crippen LogP contribution in [-0.4, -0.2) is 16.1 Å². The quantitative estimate of drug-likeness (QED) is 0.717. The molecule has 112 valence electrons. The Morgan fingerprint density at radius 2 is 1.43 bits per heavy atom. The fourth-order valence-corrected chi connectivity index (χ4v) is 2.84. The van der Waals surface area contributed by atoms with E-state index >= 15 is 0 Å². The SMILES string of the molecule is C[C@@H](c1ccccc1)[C@@H](NCP(=O)(O)O)c1ccccc1. The van der Waals surface area contributed by atoms with Crippen LogP contribution < -0.4 is 5.32 Å². The lowest BCUT2D eigenvalue weighted by Gasteiger charge is -2.26. The summed E-state index contributed by atoms with van der Waals surface area (Å²) in [7, 11) is -4.08. The summed E-state index contributed by atoms with van der Waals surface area (Å²) in [5.74, 6) is 0.0974. The van der Waals surface area contributed by atoms with Gasteiger partial charge in [0.2, 0.25) is 0 Å². The molecule has 0 bridgehead atoms. The molecule has 0 aliphatic carbocycles. The summed E-state index contributed by atoms with van der Waals surface area (Å²) >= 11 is 0. The Morgan fingerprint density at radius 1 is 0.952 bits per heavy atom. The molecule has 0 saturated carbocycles. The van der Waals surface area contributed by atoms with Crippen LogP contribution in [0.3, 0.4) is 0 Å². The molecule has 0 aliphatic heterocycles. The summed E-state index contributed by atoms with van der Waals surface area (Å²) in [5, 5.41) is 3.01. The van der Waals surface area contributed by atoms with Crippen LogP contribution in [0, 0.1) is 0 Å². The van der Waals surface area contributed by atoms with E-state index in [1.54, 1.807) is 0 Å². The average molecular weight is 305 g/mol. The second-order valence-corrected chi connectivity index (χ2v) is 6.76. The maximum absolute atomic E-state index is 11.2. The Kier molecular flexibility index (Phi) is 5.32. The van der Waals surface area contributed by atoms with Crippen molar-refractivity contribution in [3.63, 3.8) is 0 Å². The summed E-state index contributed by atoms with van der Waals surface area (Å²) in [6.45, 7) is 2.06. The molecule has 0 aliphatic rings. The maximum atomic E-state index is 11.2. The average Bonchev–Trinajstić information content (AvgIpc) is 2.48. The van der Waals surface area contributed by atoms with Crippen molar-refractivity contribution >= 4 is 7.60 Å². The lowest BCUT2D eigenvalue weighted by Crippen LogP contribution is -2.27. The minimum atomic E-state index is -4.08. The molecule has 0 saturated heterocycles. The van der Waals surface area contributed by atoms with Crippen LogP contribution in [0.4, 0.5) is 0 Å². The molecule has 0 amide bonds. The van der Waals surface area contributed by atoms with Crippen molar-refractivity contribution in [1.29, 1.82) is 0 Å². The smallest absolute Gasteiger partial charge is 0.324 e. The van der Waals surface area contributed by atoms with Gasteiger partial charge in [-0.3, -0.25) is 9.88 Å². The van der Waals surface area contributed by atoms with Gasteiger partial charge in [-0.1, -0.05) is 67.6 Å². The zero-order valence-corrected chi connectivity index (χ0v) is 12.8. The molecule has 0 radical (unpaired) electrons. The van der Waals surface area contributed by atoms with Gasteiger partial charge in [0.15, 0.2) is 0 Å². The fraction of sp³-hybridized carbons (Fsp3) is 0.250. The topological polar surface area (TPSA) is 69.6 Å². The highest BCUT2D eigenvalue weighted by Gasteiger charge is 2.23. The monoisotopic (exact) mass is 305 g/mol. The van der Waals surface area contributed by atoms with Gasteiger partial charge < -0.3 is 9.79 Å². The normalized spacial score (nSPS) is 14.6. The first-order valence-electron chi connectivity index (χ1n) is 6.85. The van der Waals surface area contributed by atoms with Gasteiger partial charge in [0.25, 0.3) is 0 Å². The van der Waals surface area contributed by atoms with Crippen molar-refractivity contribution < 1.29 is 14.4 Å². The number of rotatable bonds is 6. The zero-order chi connectivity index (χ0) is 15.3. The second-order valence-electron chi connectivity index (χ2n) is 5.11. The lowest BCUT2D eigenvalue weighted by molar-refractivity contribution is 0.359. The number of hydrogen-bond donors (Lipinski definition) is 3. The van der Waals surface area contributed by atoms with Gasteiger partial charge in [-0.2, -0.15) is 0 Å². The van der Waals surface area contributed by atoms with Crippen molar-refractivity contribution in [2.75, 3.05) is 6.29 Å². The van der Waals surface area contributed by atoms with Crippen molar-refractivity contribution in [3.8, 4) is 0 Å². The summed E-state index contributed by atoms with van der Waals surface area (Å²) < 4.78 is 11.2. The van der Waals surface area contributed by atoms with Gasteiger partial charge in [-0.15, -0.1) is 0 Å². The highest BCUT2D eigenvalue weighted by molar-refractivity contribution is 7.51. The molecule has 2 aromatic carbocycles. The largest absolute Gasteiger partial charge is 0.339 e. The van der Waals surface area contributed by atoms with Crippen LogP contribution in [0.25, 0.3) is 0 Å². The van der Waals surface area contributed by atoms with E-state index in [1.807, 2.05) is 60.7 Å². The van der Waals surface area contributed by atoms with Crippen molar-refractivity contribution in [3.05, 3.63) is 71.8 Å². The van der Waals surface area contributed by atoms with Gasteiger partial charge >= 0.3 is 7.60 Å². The van der Waals surface area contributed by atoms with Gasteiger partial charge in [0.05, 0.1) is 6.29 Å². The molecule has 4 nitrogen and oxygen atoms in total. The summed E-state index contributed by atoms with van der Waals surface area (Å²) in [5.41, 5.74) is 2.15. The maximum Gasteiger partial charge on any atom is 0.339 e. The van der Waals surface area contributed by atoms with E-state index in [1.165, 1.54) is 0 Å². The molecule has 3 N–H and O–H groups in total. The van der Waals surface area contributed by atoms with E-state index < -0.39 is 7.60 Å². The second kappa shape index (κ2) is 7.01. The fourth-order valence-electron chi connectivity index (χ4n) is 2.41. The number of nitrogens with one attached hydrogen (secondary N) is 1. The number of hydrogen-bond acceptors (Lipinski definition) is 2. The third kappa shape index (κ3) is 4.80. The Balaban J connectivity index is 2.25. The van der Waals surface area contributed by atoms with Crippen LogP contribution in [0.1, 0.15) is 30.0 Å². The summed E-state index contributed by atoms with van der Waals surface area (Å²) in [6, 6.07) is 19.5. The molecule has 0 fully saturated rings. The first-order valence-corrected chi connectivity index (χ1v) is 8.65. The molecule has 21 heavy (non-hydrogen) atoms. The van der Waals surface area contributed by atoms with E-state index in [9.17, 15) is 4.57 Å². The Labute approximate surface area is 125 Å². The molecule has 5 heteroatoms. The highest BCUT2D eigenvalue weighted by Crippen LogP contribution is 2.36. The van der Waals surface area contributed by atoms with Crippen LogP contribution in [0.5, 0.6) is 0 Å². The van der Waals surface area contributed by atoms with E-state index in [4.69, 9.17) is 9.79 Å². The molecule has 0 aromatic heterocycles. The predicted octanol–water partition coefficient (Wildman–Crippen LogP) is 3.26. The van der Waals surface area contributed by atoms with Crippen molar-refractivity contribution in [2.45, 2.75) is 18.9 Å². The predicted molar refractivity (Wildman–Crippen MR) is 84.1 cm³/mol. The number of benzene rings is 2. The molecule has 0 unspecified atom stereocenters. The summed E-state index contributed by atoms with van der Waals surface area (Å²) in [6.07, 6.45) is -0.330. The zero-order valence-electron chi connectivity index (χ0n) is 11.9. The first-order chi connectivity index (χ1) is 9.97. The van der Waals surface area contributed by atoms with Gasteiger partial charge in [0.1, 0.15) is 0 Å². The van der Waals surface area contributed by atoms with E-state index in [-0.39, 0.29) is 18.2 Å². The highest BCUT2D eigenvalue weighted by atomic mass is 31.2. The third-order valence-electron chi connectivity index (χ3n) is 3.50. The molecular formula is C16H20NO3P. The third-order valence-corrected chi connectivity index (χ3v) is 4.10. The Morgan fingerprint density at radius 3 is 1.90 bits per heavy atom.